The second-order valence-electron chi connectivity index (χ2n) is 6.60. The fourth-order valence-electron chi connectivity index (χ4n) is 3.62. The van der Waals surface area contributed by atoms with E-state index in [1.165, 1.54) is 4.90 Å². The largest absolute Gasteiger partial charge is 0.618 e. The molecule has 0 radical (unpaired) electrons. The van der Waals surface area contributed by atoms with E-state index in [4.69, 9.17) is 5.11 Å². The highest BCUT2D eigenvalue weighted by Gasteiger charge is 2.46. The lowest BCUT2D eigenvalue weighted by atomic mass is 10.0. The Hall–Kier alpha value is -3.22. The molecule has 0 bridgehead atoms. The Morgan fingerprint density at radius 1 is 1.00 bits per heavy atom. The minimum Gasteiger partial charge on any atom is -0.618 e. The number of rotatable bonds is 5. The summed E-state index contributed by atoms with van der Waals surface area (Å²) < 4.78 is -1.27. The van der Waals surface area contributed by atoms with Gasteiger partial charge in [-0.1, -0.05) is 54.6 Å². The number of nitrogens with zero attached hydrogens (tertiary/aromatic N) is 2. The van der Waals surface area contributed by atoms with Crippen molar-refractivity contribution < 1.29 is 14.7 Å². The van der Waals surface area contributed by atoms with Gasteiger partial charge in [-0.05, 0) is 22.4 Å². The van der Waals surface area contributed by atoms with Crippen LogP contribution in [0.4, 0.5) is 16.2 Å². The summed E-state index contributed by atoms with van der Waals surface area (Å²) in [6, 6.07) is 19.9. The monoisotopic (exact) mass is 362 g/mol. The molecule has 0 spiro atoms. The van der Waals surface area contributed by atoms with Crippen molar-refractivity contribution in [3.8, 4) is 0 Å². The Morgan fingerprint density at radius 2 is 1.70 bits per heavy atom. The summed E-state index contributed by atoms with van der Waals surface area (Å²) in [7, 11) is 0. The lowest BCUT2D eigenvalue weighted by Crippen LogP contribution is -2.51. The number of aliphatic carboxylic acids is 1. The van der Waals surface area contributed by atoms with Crippen molar-refractivity contribution in [2.24, 2.45) is 0 Å². The maximum Gasteiger partial charge on any atom is 0.429 e. The second-order valence-corrected chi connectivity index (χ2v) is 6.60. The van der Waals surface area contributed by atoms with Gasteiger partial charge in [-0.3, -0.25) is 9.69 Å². The maximum atomic E-state index is 13.3. The topological polar surface area (TPSA) is 80.7 Å². The molecular weight excluding hydrogens is 344 g/mol. The van der Waals surface area contributed by atoms with Gasteiger partial charge in [0.1, 0.15) is 12.2 Å². The summed E-state index contributed by atoms with van der Waals surface area (Å²) in [5, 5.41) is 24.4. The first-order valence-electron chi connectivity index (χ1n) is 8.70. The molecule has 3 aromatic rings. The third kappa shape index (κ3) is 2.85. The summed E-state index contributed by atoms with van der Waals surface area (Å²) in [5.74, 6) is -1.10. The van der Waals surface area contributed by atoms with Gasteiger partial charge in [-0.2, -0.15) is 0 Å². The second kappa shape index (κ2) is 6.50. The van der Waals surface area contributed by atoms with E-state index in [0.29, 0.717) is 11.4 Å². The Balaban J connectivity index is 1.75. The fourth-order valence-corrected chi connectivity index (χ4v) is 3.62. The first kappa shape index (κ1) is 17.2. The van der Waals surface area contributed by atoms with Gasteiger partial charge in [0.25, 0.3) is 0 Å². The molecule has 0 fully saturated rings. The van der Waals surface area contributed by atoms with Gasteiger partial charge < -0.3 is 10.3 Å². The van der Waals surface area contributed by atoms with Gasteiger partial charge in [-0.15, -0.1) is 0 Å². The Morgan fingerprint density at radius 3 is 2.52 bits per heavy atom. The van der Waals surface area contributed by atoms with Crippen LogP contribution in [0, 0.1) is 5.21 Å². The summed E-state index contributed by atoms with van der Waals surface area (Å²) in [6.45, 7) is -0.0657. The predicted octanol–water partition coefficient (Wildman–Crippen LogP) is 4.26. The van der Waals surface area contributed by atoms with E-state index >= 15 is 0 Å². The highest BCUT2D eigenvalue weighted by molar-refractivity contribution is 6.10. The van der Waals surface area contributed by atoms with Crippen LogP contribution >= 0.6 is 0 Å². The molecule has 1 atom stereocenters. The van der Waals surface area contributed by atoms with Crippen LogP contribution in [0.15, 0.2) is 66.7 Å². The van der Waals surface area contributed by atoms with Gasteiger partial charge in [0, 0.05) is 6.07 Å². The normalized spacial score (nSPS) is 18.7. The van der Waals surface area contributed by atoms with Crippen molar-refractivity contribution in [1.29, 1.82) is 0 Å². The number of carboxylic acids is 1. The van der Waals surface area contributed by atoms with Crippen molar-refractivity contribution in [2.45, 2.75) is 13.0 Å². The molecule has 1 N–H and O–H groups in total. The number of benzene rings is 3. The third-order valence-electron chi connectivity index (χ3n) is 4.95. The zero-order valence-electron chi connectivity index (χ0n) is 14.5. The van der Waals surface area contributed by atoms with Crippen LogP contribution in [0.5, 0.6) is 0 Å². The number of amides is 2. The zero-order valence-corrected chi connectivity index (χ0v) is 14.5. The predicted molar refractivity (Wildman–Crippen MR) is 104 cm³/mol. The molecule has 2 amide bonds. The standard InChI is InChI=1S/C21H18N2O4/c24-20(25)12-13-23(27)19-11-4-3-10-18(19)22(21(23)26)14-16-8-5-7-15-6-1-2-9-17(15)16/h1-11H,12-14H2,(H,24,25). The van der Waals surface area contributed by atoms with Crippen molar-refractivity contribution in [3.05, 3.63) is 77.5 Å². The highest BCUT2D eigenvalue weighted by atomic mass is 16.6. The molecule has 3 aromatic carbocycles. The van der Waals surface area contributed by atoms with E-state index in [-0.39, 0.29) is 19.5 Å². The van der Waals surface area contributed by atoms with Crippen molar-refractivity contribution >= 4 is 34.1 Å². The van der Waals surface area contributed by atoms with Gasteiger partial charge in [-0.25, -0.2) is 9.44 Å². The lowest BCUT2D eigenvalue weighted by molar-refractivity contribution is -0.137. The molecule has 0 aromatic heterocycles. The van der Waals surface area contributed by atoms with E-state index in [2.05, 4.69) is 0 Å². The molecule has 6 heteroatoms. The minimum absolute atomic E-state index is 0.256. The van der Waals surface area contributed by atoms with Crippen LogP contribution in [0.3, 0.4) is 0 Å². The van der Waals surface area contributed by atoms with Gasteiger partial charge in [0.2, 0.25) is 0 Å². The molecular formula is C21H18N2O4. The Labute approximate surface area is 156 Å². The summed E-state index contributed by atoms with van der Waals surface area (Å²) in [5.41, 5.74) is 1.77. The molecule has 136 valence electrons. The highest BCUT2D eigenvalue weighted by Crippen LogP contribution is 2.43. The van der Waals surface area contributed by atoms with Crippen LogP contribution in [0.25, 0.3) is 10.8 Å². The summed E-state index contributed by atoms with van der Waals surface area (Å²) in [4.78, 5) is 25.5. The first-order chi connectivity index (χ1) is 13.0. The van der Waals surface area contributed by atoms with E-state index < -0.39 is 16.6 Å². The van der Waals surface area contributed by atoms with E-state index in [1.54, 1.807) is 24.3 Å². The molecule has 1 aliphatic rings. The average Bonchev–Trinajstić information content (AvgIpc) is 2.89. The number of anilines is 1. The molecule has 4 rings (SSSR count). The number of carboxylic acid groups (broad SMARTS) is 1. The average molecular weight is 362 g/mol. The lowest BCUT2D eigenvalue weighted by Gasteiger charge is -2.34. The molecule has 0 saturated heterocycles. The van der Waals surface area contributed by atoms with Crippen molar-refractivity contribution in [1.82, 2.24) is 4.65 Å². The minimum atomic E-state index is -1.27. The van der Waals surface area contributed by atoms with Crippen LogP contribution in [0.2, 0.25) is 0 Å². The number of quaternary nitrogens is 1. The maximum absolute atomic E-state index is 13.3. The number of urea groups is 1. The smallest absolute Gasteiger partial charge is 0.429 e. The summed E-state index contributed by atoms with van der Waals surface area (Å²) in [6.07, 6.45) is -0.369. The molecule has 0 saturated carbocycles. The quantitative estimate of drug-likeness (QED) is 0.543. The number of hydrogen-bond acceptors (Lipinski definition) is 3. The number of carbonyl (C=O) groups is 2. The Bertz CT molecular complexity index is 1040. The van der Waals surface area contributed by atoms with Crippen LogP contribution in [0.1, 0.15) is 12.0 Å². The first-order valence-corrected chi connectivity index (χ1v) is 8.70. The number of fused-ring (bicyclic) bond motifs is 2. The van der Waals surface area contributed by atoms with Crippen LogP contribution in [-0.2, 0) is 11.3 Å². The van der Waals surface area contributed by atoms with Crippen molar-refractivity contribution in [2.75, 3.05) is 11.4 Å². The van der Waals surface area contributed by atoms with Gasteiger partial charge in [0.15, 0.2) is 5.69 Å². The number of para-hydroxylation sites is 2. The van der Waals surface area contributed by atoms with Gasteiger partial charge in [0.05, 0.1) is 13.0 Å². The van der Waals surface area contributed by atoms with Gasteiger partial charge >= 0.3 is 12.0 Å². The molecule has 6 nitrogen and oxygen atoms in total. The zero-order chi connectivity index (χ0) is 19.0. The molecule has 27 heavy (non-hydrogen) atoms. The third-order valence-corrected chi connectivity index (χ3v) is 4.95. The van der Waals surface area contributed by atoms with E-state index in [9.17, 15) is 14.8 Å². The van der Waals surface area contributed by atoms with Crippen molar-refractivity contribution in [3.63, 3.8) is 0 Å². The summed E-state index contributed by atoms with van der Waals surface area (Å²) >= 11 is 0. The molecule has 1 heterocycles. The SMILES string of the molecule is O=C(O)CC[N+]1([O-])C(=O)N(Cc2cccc3ccccc23)c2ccccc21. The molecule has 1 unspecified atom stereocenters. The fraction of sp³-hybridized carbons (Fsp3) is 0.143. The van der Waals surface area contributed by atoms with E-state index in [0.717, 1.165) is 16.3 Å². The molecule has 0 aliphatic carbocycles. The Kier molecular flexibility index (Phi) is 4.14. The van der Waals surface area contributed by atoms with Crippen LogP contribution in [-0.4, -0.2) is 23.7 Å². The van der Waals surface area contributed by atoms with Crippen LogP contribution < -0.4 is 9.55 Å². The van der Waals surface area contributed by atoms with E-state index in [1.807, 2.05) is 42.5 Å². The number of hydrogen-bond donors (Lipinski definition) is 1. The molecule has 1 aliphatic heterocycles. The number of carbonyl (C=O) groups excluding carboxylic acids is 1. The number of hydroxylamine groups is 2.